The molecule has 1 amide bonds. The molecular formula is C21H29N3O4S. The van der Waals surface area contributed by atoms with Gasteiger partial charge >= 0.3 is 6.09 Å². The summed E-state index contributed by atoms with van der Waals surface area (Å²) >= 11 is 0. The van der Waals surface area contributed by atoms with Crippen molar-refractivity contribution >= 4 is 16.1 Å². The molecule has 1 heterocycles. The van der Waals surface area contributed by atoms with Gasteiger partial charge in [-0.3, -0.25) is 0 Å². The molecule has 8 heteroatoms. The minimum atomic E-state index is -3.65. The summed E-state index contributed by atoms with van der Waals surface area (Å²) in [6.07, 6.45) is 3.09. The predicted octanol–water partition coefficient (Wildman–Crippen LogP) is 3.21. The van der Waals surface area contributed by atoms with Crippen molar-refractivity contribution in [2.75, 3.05) is 13.1 Å². The van der Waals surface area contributed by atoms with Crippen molar-refractivity contribution in [2.24, 2.45) is 5.41 Å². The first-order chi connectivity index (χ1) is 13.5. The molecule has 1 aliphatic heterocycles. The maximum atomic E-state index is 12.8. The fourth-order valence-corrected chi connectivity index (χ4v) is 5.64. The zero-order valence-corrected chi connectivity index (χ0v) is 18.1. The van der Waals surface area contributed by atoms with Crippen LogP contribution in [0, 0.1) is 16.7 Å². The van der Waals surface area contributed by atoms with Gasteiger partial charge in [0.15, 0.2) is 0 Å². The van der Waals surface area contributed by atoms with E-state index in [0.29, 0.717) is 25.1 Å². The second-order valence-electron chi connectivity index (χ2n) is 9.20. The largest absolute Gasteiger partial charge is 0.444 e. The lowest BCUT2D eigenvalue weighted by Gasteiger charge is -2.27. The molecule has 3 rings (SSSR count). The molecule has 1 N–H and O–H groups in total. The maximum absolute atomic E-state index is 12.8. The topological polar surface area (TPSA) is 99.5 Å². The van der Waals surface area contributed by atoms with Gasteiger partial charge in [-0.05, 0) is 69.6 Å². The van der Waals surface area contributed by atoms with Gasteiger partial charge in [0, 0.05) is 19.1 Å². The van der Waals surface area contributed by atoms with E-state index in [1.54, 1.807) is 29.2 Å². The van der Waals surface area contributed by atoms with Crippen LogP contribution >= 0.6 is 0 Å². The Bertz CT molecular complexity index is 917. The third kappa shape index (κ3) is 5.28. The molecule has 7 nitrogen and oxygen atoms in total. The highest BCUT2D eigenvalue weighted by Gasteiger charge is 2.46. The Kier molecular flexibility index (Phi) is 5.93. The van der Waals surface area contributed by atoms with E-state index in [0.717, 1.165) is 19.3 Å². The number of hydrogen-bond donors (Lipinski definition) is 1. The van der Waals surface area contributed by atoms with Crippen molar-refractivity contribution in [1.82, 2.24) is 9.62 Å². The number of ether oxygens (including phenoxy) is 1. The van der Waals surface area contributed by atoms with E-state index in [1.807, 2.05) is 26.8 Å². The molecule has 158 valence electrons. The van der Waals surface area contributed by atoms with Gasteiger partial charge in [-0.1, -0.05) is 12.1 Å². The minimum Gasteiger partial charge on any atom is -0.444 e. The van der Waals surface area contributed by atoms with Gasteiger partial charge in [-0.15, -0.1) is 0 Å². The fraction of sp³-hybridized carbons (Fsp3) is 0.619. The zero-order chi connectivity index (χ0) is 21.3. The Morgan fingerprint density at radius 3 is 2.83 bits per heavy atom. The molecule has 1 saturated heterocycles. The highest BCUT2D eigenvalue weighted by molar-refractivity contribution is 7.89. The number of sulfonamides is 1. The van der Waals surface area contributed by atoms with E-state index < -0.39 is 15.6 Å². The van der Waals surface area contributed by atoms with E-state index in [4.69, 9.17) is 10.00 Å². The van der Waals surface area contributed by atoms with Gasteiger partial charge in [0.05, 0.1) is 17.4 Å². The van der Waals surface area contributed by atoms with Gasteiger partial charge in [0.25, 0.3) is 0 Å². The van der Waals surface area contributed by atoms with Crippen LogP contribution in [-0.2, 0) is 21.2 Å². The number of nitrogens with zero attached hydrogens (tertiary/aromatic N) is 2. The van der Waals surface area contributed by atoms with Crippen molar-refractivity contribution in [3.63, 3.8) is 0 Å². The number of nitriles is 1. The first-order valence-electron chi connectivity index (χ1n) is 9.98. The summed E-state index contributed by atoms with van der Waals surface area (Å²) in [7, 11) is -3.65. The van der Waals surface area contributed by atoms with E-state index >= 15 is 0 Å². The quantitative estimate of drug-likeness (QED) is 0.808. The lowest BCUT2D eigenvalue weighted by atomic mass is 9.85. The van der Waals surface area contributed by atoms with Crippen LogP contribution in [0.3, 0.4) is 0 Å². The molecule has 2 aliphatic rings. The number of likely N-dealkylation sites (tertiary alicyclic amines) is 1. The number of rotatable bonds is 4. The summed E-state index contributed by atoms with van der Waals surface area (Å²) in [5.74, 6) is 0. The smallest absolute Gasteiger partial charge is 0.410 e. The molecule has 0 radical (unpaired) electrons. The molecule has 2 fully saturated rings. The number of hydrogen-bond acceptors (Lipinski definition) is 5. The molecule has 1 aliphatic carbocycles. The average Bonchev–Trinajstić information content (AvgIpc) is 3.21. The van der Waals surface area contributed by atoms with Gasteiger partial charge in [0.2, 0.25) is 10.0 Å². The van der Waals surface area contributed by atoms with Crippen LogP contribution in [0.25, 0.3) is 0 Å². The predicted molar refractivity (Wildman–Crippen MR) is 109 cm³/mol. The number of carbonyl (C=O) groups is 1. The Balaban J connectivity index is 1.62. The summed E-state index contributed by atoms with van der Waals surface area (Å²) in [4.78, 5) is 14.3. The van der Waals surface area contributed by atoms with Crippen LogP contribution < -0.4 is 4.72 Å². The number of nitrogens with one attached hydrogen (secondary N) is 1. The van der Waals surface area contributed by atoms with Gasteiger partial charge < -0.3 is 9.64 Å². The van der Waals surface area contributed by atoms with E-state index in [-0.39, 0.29) is 28.9 Å². The molecule has 0 aromatic heterocycles. The first kappa shape index (κ1) is 21.6. The van der Waals surface area contributed by atoms with Gasteiger partial charge in [-0.25, -0.2) is 17.9 Å². The molecule has 0 bridgehead atoms. The van der Waals surface area contributed by atoms with E-state index in [1.165, 1.54) is 0 Å². The molecule has 1 aromatic rings. The highest BCUT2D eigenvalue weighted by Crippen LogP contribution is 2.46. The lowest BCUT2D eigenvalue weighted by molar-refractivity contribution is 0.0273. The Hall–Kier alpha value is -2.11. The minimum absolute atomic E-state index is 0.0489. The summed E-state index contributed by atoms with van der Waals surface area (Å²) in [5, 5.41) is 8.83. The Morgan fingerprint density at radius 1 is 1.38 bits per heavy atom. The summed E-state index contributed by atoms with van der Waals surface area (Å²) in [5.41, 5.74) is 0.107. The normalized spacial score (nSPS) is 24.6. The summed E-state index contributed by atoms with van der Waals surface area (Å²) in [6, 6.07) is 8.39. The third-order valence-electron chi connectivity index (χ3n) is 5.61. The van der Waals surface area contributed by atoms with Crippen LogP contribution in [0.2, 0.25) is 0 Å². The number of carbonyl (C=O) groups excluding carboxylic acids is 1. The standard InChI is InChI=1S/C21H29N3O4S/c1-20(2,3)28-19(25)24-12-10-21(15-24)9-7-17(14-21)23-29(26,27)18-6-4-5-16(13-18)8-11-22/h4-6,13,17,23H,7-10,12,14-15H2,1-3H3. The molecule has 1 aromatic carbocycles. The fourth-order valence-electron chi connectivity index (χ4n) is 4.30. The van der Waals surface area contributed by atoms with Crippen molar-refractivity contribution < 1.29 is 17.9 Å². The molecular weight excluding hydrogens is 390 g/mol. The van der Waals surface area contributed by atoms with Crippen molar-refractivity contribution in [2.45, 2.75) is 69.4 Å². The Labute approximate surface area is 173 Å². The monoisotopic (exact) mass is 419 g/mol. The average molecular weight is 420 g/mol. The Morgan fingerprint density at radius 2 is 2.14 bits per heavy atom. The van der Waals surface area contributed by atoms with E-state index in [2.05, 4.69) is 4.72 Å². The second-order valence-corrected chi connectivity index (χ2v) is 10.9. The van der Waals surface area contributed by atoms with Gasteiger partial charge in [-0.2, -0.15) is 5.26 Å². The zero-order valence-electron chi connectivity index (χ0n) is 17.3. The molecule has 1 saturated carbocycles. The molecule has 1 spiro atoms. The van der Waals surface area contributed by atoms with Crippen molar-refractivity contribution in [1.29, 1.82) is 5.26 Å². The van der Waals surface area contributed by atoms with Crippen LogP contribution in [0.1, 0.15) is 52.0 Å². The molecule has 2 unspecified atom stereocenters. The summed E-state index contributed by atoms with van der Waals surface area (Å²) < 4.78 is 33.9. The van der Waals surface area contributed by atoms with Crippen LogP contribution in [0.5, 0.6) is 0 Å². The van der Waals surface area contributed by atoms with Crippen LogP contribution in [0.4, 0.5) is 4.79 Å². The third-order valence-corrected chi connectivity index (χ3v) is 7.12. The highest BCUT2D eigenvalue weighted by atomic mass is 32.2. The lowest BCUT2D eigenvalue weighted by Crippen LogP contribution is -2.37. The van der Waals surface area contributed by atoms with Crippen molar-refractivity contribution in [3.8, 4) is 6.07 Å². The first-order valence-corrected chi connectivity index (χ1v) is 11.5. The molecule has 29 heavy (non-hydrogen) atoms. The molecule has 2 atom stereocenters. The van der Waals surface area contributed by atoms with Crippen LogP contribution in [0.15, 0.2) is 29.2 Å². The van der Waals surface area contributed by atoms with Gasteiger partial charge in [0.1, 0.15) is 5.60 Å². The van der Waals surface area contributed by atoms with Crippen molar-refractivity contribution in [3.05, 3.63) is 29.8 Å². The maximum Gasteiger partial charge on any atom is 0.410 e. The number of benzene rings is 1. The van der Waals surface area contributed by atoms with E-state index in [9.17, 15) is 13.2 Å². The number of amides is 1. The second kappa shape index (κ2) is 7.96. The summed E-state index contributed by atoms with van der Waals surface area (Å²) in [6.45, 7) is 6.80. The SMILES string of the molecule is CC(C)(C)OC(=O)N1CCC2(CCC(NS(=O)(=O)c3cccc(CC#N)c3)C2)C1. The van der Waals surface area contributed by atoms with Crippen LogP contribution in [-0.4, -0.2) is 44.1 Å².